The summed E-state index contributed by atoms with van der Waals surface area (Å²) in [6, 6.07) is 12.2. The molecule has 0 saturated carbocycles. The lowest BCUT2D eigenvalue weighted by molar-refractivity contribution is -0.222. The molecule has 1 amide bonds. The van der Waals surface area contributed by atoms with E-state index in [2.05, 4.69) is 5.32 Å². The lowest BCUT2D eigenvalue weighted by Gasteiger charge is -2.34. The van der Waals surface area contributed by atoms with Crippen molar-refractivity contribution in [1.29, 1.82) is 0 Å². The molecule has 0 aromatic heterocycles. The number of methoxy groups -OCH3 is 2. The molecular weight excluding hydrogens is 402 g/mol. The molecule has 8 nitrogen and oxygen atoms in total. The number of hydrogen-bond donors (Lipinski definition) is 2. The number of carbonyl (C=O) groups excluding carboxylic acids is 2. The Bertz CT molecular complexity index is 1090. The third-order valence-corrected chi connectivity index (χ3v) is 5.38. The number of anilines is 1. The molecule has 2 heterocycles. The standard InChI is InChI=1S/C23H23NO7/c1-23(2)30-21(26)19(22(27)31-23)17(14-11-12(28-3)9-10-16(14)29-4)18-13-7-5-6-8-15(13)24-20(18)25/h5-11,17-18,26H,1-4H3,(H,24,25). The van der Waals surface area contributed by atoms with Crippen molar-refractivity contribution < 1.29 is 33.6 Å². The molecule has 162 valence electrons. The van der Waals surface area contributed by atoms with Gasteiger partial charge >= 0.3 is 5.97 Å². The normalized spacial score (nSPS) is 20.3. The fourth-order valence-electron chi connectivity index (χ4n) is 4.08. The molecule has 0 aliphatic carbocycles. The Kier molecular flexibility index (Phi) is 5.00. The van der Waals surface area contributed by atoms with E-state index in [1.807, 2.05) is 0 Å². The molecule has 2 aromatic carbocycles. The van der Waals surface area contributed by atoms with Crippen molar-refractivity contribution >= 4 is 17.6 Å². The van der Waals surface area contributed by atoms with Gasteiger partial charge in [0.2, 0.25) is 5.91 Å². The van der Waals surface area contributed by atoms with Crippen molar-refractivity contribution in [2.75, 3.05) is 19.5 Å². The fourth-order valence-corrected chi connectivity index (χ4v) is 4.08. The number of cyclic esters (lactones) is 1. The van der Waals surface area contributed by atoms with Crippen molar-refractivity contribution in [3.63, 3.8) is 0 Å². The molecule has 2 atom stereocenters. The van der Waals surface area contributed by atoms with E-state index in [0.29, 0.717) is 28.3 Å². The maximum Gasteiger partial charge on any atom is 0.345 e. The summed E-state index contributed by atoms with van der Waals surface area (Å²) in [6.07, 6.45) is 0. The first kappa shape index (κ1) is 20.6. The van der Waals surface area contributed by atoms with Crippen molar-refractivity contribution in [3.8, 4) is 11.5 Å². The number of carbonyl (C=O) groups is 2. The third-order valence-electron chi connectivity index (χ3n) is 5.38. The van der Waals surface area contributed by atoms with Gasteiger partial charge in [0, 0.05) is 31.0 Å². The zero-order valence-corrected chi connectivity index (χ0v) is 17.6. The Hall–Kier alpha value is -3.68. The van der Waals surface area contributed by atoms with E-state index in [4.69, 9.17) is 18.9 Å². The second-order valence-electron chi connectivity index (χ2n) is 7.75. The number of aliphatic hydroxyl groups excluding tert-OH is 1. The first-order valence-corrected chi connectivity index (χ1v) is 9.73. The number of benzene rings is 2. The minimum atomic E-state index is -1.34. The predicted molar refractivity (Wildman–Crippen MR) is 111 cm³/mol. The number of aliphatic hydroxyl groups is 1. The van der Waals surface area contributed by atoms with Crippen LogP contribution >= 0.6 is 0 Å². The van der Waals surface area contributed by atoms with E-state index in [-0.39, 0.29) is 11.5 Å². The highest BCUT2D eigenvalue weighted by atomic mass is 16.8. The Morgan fingerprint density at radius 1 is 1.06 bits per heavy atom. The van der Waals surface area contributed by atoms with Crippen LogP contribution in [0.5, 0.6) is 11.5 Å². The Morgan fingerprint density at radius 3 is 2.48 bits per heavy atom. The van der Waals surface area contributed by atoms with E-state index in [1.54, 1.807) is 42.5 Å². The monoisotopic (exact) mass is 425 g/mol. The van der Waals surface area contributed by atoms with Crippen molar-refractivity contribution in [2.45, 2.75) is 31.5 Å². The van der Waals surface area contributed by atoms with Crippen LogP contribution in [0.25, 0.3) is 0 Å². The summed E-state index contributed by atoms with van der Waals surface area (Å²) in [4.78, 5) is 26.1. The highest BCUT2D eigenvalue weighted by molar-refractivity contribution is 6.05. The molecule has 0 spiro atoms. The van der Waals surface area contributed by atoms with Gasteiger partial charge in [-0.2, -0.15) is 0 Å². The topological polar surface area (TPSA) is 103 Å². The molecular formula is C23H23NO7. The average Bonchev–Trinajstić information content (AvgIpc) is 3.05. The van der Waals surface area contributed by atoms with E-state index in [9.17, 15) is 14.7 Å². The van der Waals surface area contributed by atoms with Gasteiger partial charge in [0.1, 0.15) is 17.1 Å². The Balaban J connectivity index is 1.98. The first-order valence-electron chi connectivity index (χ1n) is 9.73. The van der Waals surface area contributed by atoms with Crippen LogP contribution in [0.2, 0.25) is 0 Å². The van der Waals surface area contributed by atoms with E-state index in [1.165, 1.54) is 28.1 Å². The number of fused-ring (bicyclic) bond motifs is 1. The molecule has 4 rings (SSSR count). The van der Waals surface area contributed by atoms with Gasteiger partial charge in [-0.05, 0) is 29.8 Å². The molecule has 2 N–H and O–H groups in total. The third kappa shape index (κ3) is 3.54. The largest absolute Gasteiger partial charge is 0.497 e. The fraction of sp³-hybridized carbons (Fsp3) is 0.304. The van der Waals surface area contributed by atoms with E-state index >= 15 is 0 Å². The average molecular weight is 425 g/mol. The van der Waals surface area contributed by atoms with Crippen molar-refractivity contribution in [2.24, 2.45) is 0 Å². The number of esters is 1. The number of hydrogen-bond acceptors (Lipinski definition) is 7. The molecule has 0 saturated heterocycles. The maximum atomic E-state index is 13.1. The SMILES string of the molecule is COc1ccc(OC)c(C(C2=C(O)OC(C)(C)OC2=O)C2C(=O)Nc3ccccc32)c1. The predicted octanol–water partition coefficient (Wildman–Crippen LogP) is 3.60. The number of para-hydroxylation sites is 1. The molecule has 8 heteroatoms. The zero-order chi connectivity index (χ0) is 22.3. The van der Waals surface area contributed by atoms with Crippen LogP contribution in [0.15, 0.2) is 54.0 Å². The second-order valence-corrected chi connectivity index (χ2v) is 7.75. The number of amides is 1. The summed E-state index contributed by atoms with van der Waals surface area (Å²) in [7, 11) is 2.99. The Morgan fingerprint density at radius 2 is 1.81 bits per heavy atom. The maximum absolute atomic E-state index is 13.1. The van der Waals surface area contributed by atoms with Crippen LogP contribution in [-0.4, -0.2) is 37.0 Å². The highest BCUT2D eigenvalue weighted by Gasteiger charge is 2.48. The quantitative estimate of drug-likeness (QED) is 0.706. The smallest absolute Gasteiger partial charge is 0.345 e. The summed E-state index contributed by atoms with van der Waals surface area (Å²) in [5.41, 5.74) is 1.62. The molecule has 0 fully saturated rings. The van der Waals surface area contributed by atoms with Crippen LogP contribution in [-0.2, 0) is 19.1 Å². The minimum Gasteiger partial charge on any atom is -0.497 e. The number of nitrogens with one attached hydrogen (secondary N) is 1. The van der Waals surface area contributed by atoms with E-state index in [0.717, 1.165) is 0 Å². The summed E-state index contributed by atoms with van der Waals surface area (Å²) in [5, 5.41) is 13.6. The van der Waals surface area contributed by atoms with Crippen LogP contribution in [0, 0.1) is 0 Å². The molecule has 2 aliphatic heterocycles. The highest BCUT2D eigenvalue weighted by Crippen LogP contribution is 2.50. The van der Waals surface area contributed by atoms with Gasteiger partial charge in [-0.3, -0.25) is 4.79 Å². The van der Waals surface area contributed by atoms with Gasteiger partial charge in [-0.1, -0.05) is 18.2 Å². The molecule has 2 aliphatic rings. The van der Waals surface area contributed by atoms with Gasteiger partial charge in [0.15, 0.2) is 0 Å². The second kappa shape index (κ2) is 7.54. The summed E-state index contributed by atoms with van der Waals surface area (Å²) >= 11 is 0. The van der Waals surface area contributed by atoms with Crippen molar-refractivity contribution in [3.05, 3.63) is 65.1 Å². The van der Waals surface area contributed by atoms with E-state index < -0.39 is 29.5 Å². The van der Waals surface area contributed by atoms with Gasteiger partial charge in [0.25, 0.3) is 11.7 Å². The molecule has 0 radical (unpaired) electrons. The van der Waals surface area contributed by atoms with Gasteiger partial charge in [-0.15, -0.1) is 0 Å². The molecule has 0 bridgehead atoms. The molecule has 31 heavy (non-hydrogen) atoms. The first-order chi connectivity index (χ1) is 14.8. The van der Waals surface area contributed by atoms with Crippen LogP contribution in [0.4, 0.5) is 5.69 Å². The Labute approximate surface area is 179 Å². The molecule has 2 aromatic rings. The zero-order valence-electron chi connectivity index (χ0n) is 17.6. The molecule has 2 unspecified atom stereocenters. The van der Waals surface area contributed by atoms with Crippen molar-refractivity contribution in [1.82, 2.24) is 0 Å². The number of ether oxygens (including phenoxy) is 4. The van der Waals surface area contributed by atoms with Gasteiger partial charge in [-0.25, -0.2) is 4.79 Å². The minimum absolute atomic E-state index is 0.164. The van der Waals surface area contributed by atoms with Gasteiger partial charge in [0.05, 0.1) is 20.1 Å². The van der Waals surface area contributed by atoms with Gasteiger partial charge < -0.3 is 29.4 Å². The van der Waals surface area contributed by atoms with Crippen LogP contribution in [0.1, 0.15) is 36.8 Å². The summed E-state index contributed by atoms with van der Waals surface area (Å²) in [6.45, 7) is 3.02. The van der Waals surface area contributed by atoms with Crippen LogP contribution < -0.4 is 14.8 Å². The lowest BCUT2D eigenvalue weighted by atomic mass is 9.76. The lowest BCUT2D eigenvalue weighted by Crippen LogP contribution is -2.39. The number of rotatable bonds is 5. The van der Waals surface area contributed by atoms with Crippen LogP contribution in [0.3, 0.4) is 0 Å². The summed E-state index contributed by atoms with van der Waals surface area (Å²) < 4.78 is 21.7. The summed E-state index contributed by atoms with van der Waals surface area (Å²) in [5.74, 6) is -3.92.